The monoisotopic (exact) mass is 262 g/mol. The number of aryl methyl sites for hydroxylation is 2. The third-order valence-corrected chi connectivity index (χ3v) is 3.24. The molecule has 102 valence electrons. The van der Waals surface area contributed by atoms with Crippen molar-refractivity contribution in [1.29, 1.82) is 0 Å². The van der Waals surface area contributed by atoms with Crippen LogP contribution in [-0.4, -0.2) is 22.0 Å². The summed E-state index contributed by atoms with van der Waals surface area (Å²) in [6, 6.07) is 1.77. The lowest BCUT2D eigenvalue weighted by Crippen LogP contribution is -2.24. The van der Waals surface area contributed by atoms with E-state index < -0.39 is 5.91 Å². The minimum absolute atomic E-state index is 0.288. The molecule has 1 amide bonds. The van der Waals surface area contributed by atoms with Gasteiger partial charge in [-0.2, -0.15) is 4.99 Å². The Labute approximate surface area is 111 Å². The normalized spacial score (nSPS) is 14.4. The fourth-order valence-corrected chi connectivity index (χ4v) is 2.34. The fraction of sp³-hybridized carbons (Fsp3) is 0.462. The van der Waals surface area contributed by atoms with E-state index in [4.69, 9.17) is 11.5 Å². The Morgan fingerprint density at radius 3 is 2.74 bits per heavy atom. The number of nitrogens with zero attached hydrogens (tertiary/aromatic N) is 2. The predicted molar refractivity (Wildman–Crippen MR) is 71.6 cm³/mol. The summed E-state index contributed by atoms with van der Waals surface area (Å²) in [5.74, 6) is -0.840. The van der Waals surface area contributed by atoms with Crippen molar-refractivity contribution in [2.75, 3.05) is 0 Å². The average Bonchev–Trinajstić information content (AvgIpc) is 2.60. The Bertz CT molecular complexity index is 522. The number of fused-ring (bicyclic) bond motifs is 1. The lowest BCUT2D eigenvalue weighted by Gasteiger charge is -2.10. The Kier molecular flexibility index (Phi) is 4.11. The number of aliphatic hydroxyl groups is 1. The van der Waals surface area contributed by atoms with Crippen LogP contribution in [-0.2, 0) is 19.4 Å². The summed E-state index contributed by atoms with van der Waals surface area (Å²) in [4.78, 5) is 19.8. The highest BCUT2D eigenvalue weighted by atomic mass is 16.3. The van der Waals surface area contributed by atoms with Gasteiger partial charge in [0.1, 0.15) is 0 Å². The number of amides is 1. The number of carbonyl (C=O) groups excluding carboxylic acids is 1. The van der Waals surface area contributed by atoms with Crippen LogP contribution in [0.1, 0.15) is 46.6 Å². The molecule has 1 heterocycles. The van der Waals surface area contributed by atoms with Gasteiger partial charge in [-0.3, -0.25) is 9.78 Å². The fourth-order valence-electron chi connectivity index (χ4n) is 2.34. The van der Waals surface area contributed by atoms with E-state index in [9.17, 15) is 9.90 Å². The quantitative estimate of drug-likeness (QED) is 0.401. The predicted octanol–water partition coefficient (Wildman–Crippen LogP) is 0.256. The van der Waals surface area contributed by atoms with E-state index in [1.54, 1.807) is 6.07 Å². The van der Waals surface area contributed by atoms with Gasteiger partial charge in [-0.25, -0.2) is 0 Å². The maximum atomic E-state index is 11.9. The van der Waals surface area contributed by atoms with Gasteiger partial charge in [0.15, 0.2) is 5.96 Å². The molecule has 0 spiro atoms. The molecule has 0 radical (unpaired) electrons. The Balaban J connectivity index is 2.45. The van der Waals surface area contributed by atoms with Gasteiger partial charge < -0.3 is 16.6 Å². The molecule has 0 atom stereocenters. The molecule has 6 nitrogen and oxygen atoms in total. The summed E-state index contributed by atoms with van der Waals surface area (Å²) < 4.78 is 0. The summed E-state index contributed by atoms with van der Waals surface area (Å²) in [5, 5.41) is 9.35. The molecule has 19 heavy (non-hydrogen) atoms. The minimum Gasteiger partial charge on any atom is -0.390 e. The average molecular weight is 262 g/mol. The molecule has 2 rings (SSSR count). The zero-order chi connectivity index (χ0) is 13.8. The van der Waals surface area contributed by atoms with Gasteiger partial charge in [-0.15, -0.1) is 0 Å². The zero-order valence-corrected chi connectivity index (χ0v) is 10.7. The molecule has 0 fully saturated rings. The van der Waals surface area contributed by atoms with Gasteiger partial charge in [0, 0.05) is 5.69 Å². The number of guanidine groups is 1. The smallest absolute Gasteiger partial charge is 0.282 e. The number of hydrogen-bond acceptors (Lipinski definition) is 3. The molecular formula is C13H18N4O2. The first kappa shape index (κ1) is 13.5. The molecule has 1 aliphatic carbocycles. The van der Waals surface area contributed by atoms with E-state index in [2.05, 4.69) is 9.98 Å². The highest BCUT2D eigenvalue weighted by molar-refractivity contribution is 6.02. The molecule has 0 saturated heterocycles. The second kappa shape index (κ2) is 5.79. The van der Waals surface area contributed by atoms with Crippen LogP contribution in [0, 0.1) is 0 Å². The number of aliphatic imine (C=N–C) groups is 1. The summed E-state index contributed by atoms with van der Waals surface area (Å²) in [7, 11) is 0. The van der Waals surface area contributed by atoms with E-state index in [1.807, 2.05) is 0 Å². The number of aromatic nitrogens is 1. The Morgan fingerprint density at radius 2 is 2.05 bits per heavy atom. The maximum Gasteiger partial charge on any atom is 0.282 e. The highest BCUT2D eigenvalue weighted by Crippen LogP contribution is 2.22. The maximum absolute atomic E-state index is 11.9. The lowest BCUT2D eigenvalue weighted by molar-refractivity contribution is 0.0999. The molecule has 1 aromatic heterocycles. The number of nitrogens with two attached hydrogens (primary N) is 2. The highest BCUT2D eigenvalue weighted by Gasteiger charge is 2.18. The van der Waals surface area contributed by atoms with Gasteiger partial charge in [0.25, 0.3) is 5.91 Å². The molecule has 1 aromatic rings. The van der Waals surface area contributed by atoms with Gasteiger partial charge in [0.05, 0.1) is 17.9 Å². The van der Waals surface area contributed by atoms with Crippen LogP contribution >= 0.6 is 0 Å². The van der Waals surface area contributed by atoms with E-state index in [1.165, 1.54) is 0 Å². The Hall–Kier alpha value is -1.95. The Morgan fingerprint density at radius 1 is 1.32 bits per heavy atom. The van der Waals surface area contributed by atoms with E-state index in [0.29, 0.717) is 5.69 Å². The van der Waals surface area contributed by atoms with E-state index in [0.717, 1.165) is 43.4 Å². The van der Waals surface area contributed by atoms with Crippen molar-refractivity contribution < 1.29 is 9.90 Å². The molecule has 0 saturated carbocycles. The SMILES string of the molecule is NC(N)=NC(=O)c1cc2c(nc1CO)CCCCC2. The van der Waals surface area contributed by atoms with Crippen molar-refractivity contribution in [3.8, 4) is 0 Å². The van der Waals surface area contributed by atoms with Crippen molar-refractivity contribution in [2.24, 2.45) is 16.5 Å². The van der Waals surface area contributed by atoms with Gasteiger partial charge >= 0.3 is 0 Å². The first-order valence-electron chi connectivity index (χ1n) is 6.38. The van der Waals surface area contributed by atoms with Crippen LogP contribution in [0.2, 0.25) is 0 Å². The number of hydrogen-bond donors (Lipinski definition) is 3. The number of carbonyl (C=O) groups is 1. The number of aliphatic hydroxyl groups excluding tert-OH is 1. The van der Waals surface area contributed by atoms with Crippen molar-refractivity contribution in [3.63, 3.8) is 0 Å². The van der Waals surface area contributed by atoms with E-state index in [-0.39, 0.29) is 18.1 Å². The van der Waals surface area contributed by atoms with Gasteiger partial charge in [0.2, 0.25) is 0 Å². The molecule has 5 N–H and O–H groups in total. The van der Waals surface area contributed by atoms with Crippen LogP contribution in [0.5, 0.6) is 0 Å². The summed E-state index contributed by atoms with van der Waals surface area (Å²) in [6.07, 6.45) is 5.12. The van der Waals surface area contributed by atoms with E-state index >= 15 is 0 Å². The van der Waals surface area contributed by atoms with Crippen LogP contribution in [0.15, 0.2) is 11.1 Å². The van der Waals surface area contributed by atoms with Crippen LogP contribution in [0.3, 0.4) is 0 Å². The van der Waals surface area contributed by atoms with Crippen molar-refractivity contribution in [1.82, 2.24) is 4.98 Å². The van der Waals surface area contributed by atoms with Crippen molar-refractivity contribution in [3.05, 3.63) is 28.6 Å². The minimum atomic E-state index is -0.552. The third kappa shape index (κ3) is 3.08. The first-order valence-corrected chi connectivity index (χ1v) is 6.38. The zero-order valence-electron chi connectivity index (χ0n) is 10.7. The summed E-state index contributed by atoms with van der Waals surface area (Å²) in [6.45, 7) is -0.297. The first-order chi connectivity index (χ1) is 9.11. The molecule has 0 bridgehead atoms. The van der Waals surface area contributed by atoms with Gasteiger partial charge in [-0.1, -0.05) is 6.42 Å². The molecule has 0 aromatic carbocycles. The molecule has 0 unspecified atom stereocenters. The topological polar surface area (TPSA) is 115 Å². The van der Waals surface area contributed by atoms with Crippen LogP contribution in [0.4, 0.5) is 0 Å². The van der Waals surface area contributed by atoms with Crippen LogP contribution < -0.4 is 11.5 Å². The second-order valence-corrected chi connectivity index (χ2v) is 4.65. The van der Waals surface area contributed by atoms with Crippen molar-refractivity contribution >= 4 is 11.9 Å². The second-order valence-electron chi connectivity index (χ2n) is 4.65. The number of rotatable bonds is 2. The summed E-state index contributed by atoms with van der Waals surface area (Å²) in [5.41, 5.74) is 13.1. The van der Waals surface area contributed by atoms with Gasteiger partial charge in [-0.05, 0) is 37.3 Å². The third-order valence-electron chi connectivity index (χ3n) is 3.24. The molecule has 1 aliphatic rings. The van der Waals surface area contributed by atoms with Crippen molar-refractivity contribution in [2.45, 2.75) is 38.7 Å². The lowest BCUT2D eigenvalue weighted by atomic mass is 10.0. The molecule has 0 aliphatic heterocycles. The standard InChI is InChI=1S/C13H18N4O2/c14-13(15)17-12(19)9-6-8-4-2-1-3-5-10(8)16-11(9)7-18/h6,18H,1-5,7H2,(H4,14,15,17,19). The largest absolute Gasteiger partial charge is 0.390 e. The molecule has 6 heteroatoms. The summed E-state index contributed by atoms with van der Waals surface area (Å²) >= 11 is 0. The van der Waals surface area contributed by atoms with Crippen LogP contribution in [0.25, 0.3) is 0 Å². The molecular weight excluding hydrogens is 244 g/mol. The number of pyridine rings is 1.